The van der Waals surface area contributed by atoms with Crippen LogP contribution in [0.15, 0.2) is 28.5 Å². The van der Waals surface area contributed by atoms with Crippen molar-refractivity contribution in [3.05, 3.63) is 23.5 Å². The third-order valence-electron chi connectivity index (χ3n) is 1.68. The summed E-state index contributed by atoms with van der Waals surface area (Å²) in [6, 6.07) is 0. The molecule has 0 bridgehead atoms. The van der Waals surface area contributed by atoms with Crippen molar-refractivity contribution in [2.45, 2.75) is 13.8 Å². The van der Waals surface area contributed by atoms with E-state index < -0.39 is 0 Å². The zero-order chi connectivity index (χ0) is 10.3. The number of rotatable bonds is 4. The van der Waals surface area contributed by atoms with Gasteiger partial charge in [-0.15, -0.1) is 0 Å². The summed E-state index contributed by atoms with van der Waals surface area (Å²) >= 11 is 0. The Morgan fingerprint density at radius 2 is 2.08 bits per heavy atom. The first kappa shape index (κ1) is 11.4. The van der Waals surface area contributed by atoms with Gasteiger partial charge in [0.05, 0.1) is 6.34 Å². The van der Waals surface area contributed by atoms with Crippen LogP contribution in [0.3, 0.4) is 0 Å². The molecule has 0 radical (unpaired) electrons. The van der Waals surface area contributed by atoms with Gasteiger partial charge in [0.1, 0.15) is 0 Å². The molecule has 72 valence electrons. The van der Waals surface area contributed by atoms with E-state index in [0.717, 1.165) is 23.3 Å². The number of nitrogens with zero attached hydrogens (tertiary/aromatic N) is 1. The maximum Gasteiger partial charge on any atom is 0.0833 e. The molecule has 0 aromatic heterocycles. The van der Waals surface area contributed by atoms with E-state index in [2.05, 4.69) is 10.3 Å². The average molecular weight is 180 g/mol. The first-order valence-electron chi connectivity index (χ1n) is 3.95. The first-order valence-corrected chi connectivity index (χ1v) is 3.95. The highest BCUT2D eigenvalue weighted by molar-refractivity contribution is 6.01. The molecule has 0 heterocycles. The molecule has 0 aromatic carbocycles. The molecule has 0 saturated carbocycles. The first-order chi connectivity index (χ1) is 6.17. The van der Waals surface area contributed by atoms with Gasteiger partial charge in [-0.05, 0) is 26.1 Å². The average Bonchev–Trinajstić information content (AvgIpc) is 2.13. The van der Waals surface area contributed by atoms with E-state index in [1.165, 1.54) is 6.20 Å². The normalized spacial score (nSPS) is 14.2. The molecule has 0 rings (SSSR count). The van der Waals surface area contributed by atoms with Crippen molar-refractivity contribution in [3.63, 3.8) is 0 Å². The maximum atomic E-state index is 6.89. The molecule has 0 spiro atoms. The lowest BCUT2D eigenvalue weighted by molar-refractivity contribution is 1.11. The van der Waals surface area contributed by atoms with Gasteiger partial charge in [0, 0.05) is 24.0 Å². The van der Waals surface area contributed by atoms with Gasteiger partial charge in [-0.2, -0.15) is 0 Å². The summed E-state index contributed by atoms with van der Waals surface area (Å²) in [5.74, 6) is 0. The minimum Gasteiger partial charge on any atom is -0.405 e. The van der Waals surface area contributed by atoms with Crippen LogP contribution in [0.4, 0.5) is 0 Å². The molecule has 0 aromatic rings. The predicted octanol–water partition coefficient (Wildman–Crippen LogP) is 1.02. The van der Waals surface area contributed by atoms with Crippen LogP contribution in [0.1, 0.15) is 13.8 Å². The Kier molecular flexibility index (Phi) is 5.27. The quantitative estimate of drug-likeness (QED) is 0.343. The van der Waals surface area contributed by atoms with E-state index in [1.807, 2.05) is 13.8 Å². The van der Waals surface area contributed by atoms with Crippen molar-refractivity contribution < 1.29 is 0 Å². The van der Waals surface area contributed by atoms with E-state index in [-0.39, 0.29) is 0 Å². The molecule has 0 aliphatic rings. The molecule has 0 amide bonds. The summed E-state index contributed by atoms with van der Waals surface area (Å²) < 4.78 is 0. The van der Waals surface area contributed by atoms with Gasteiger partial charge in [-0.3, -0.25) is 10.4 Å². The van der Waals surface area contributed by atoms with Crippen molar-refractivity contribution in [2.24, 2.45) is 10.7 Å². The van der Waals surface area contributed by atoms with Crippen LogP contribution in [-0.4, -0.2) is 19.1 Å². The number of hydrogen-bond donors (Lipinski definition) is 3. The predicted molar refractivity (Wildman–Crippen MR) is 57.0 cm³/mol. The van der Waals surface area contributed by atoms with Gasteiger partial charge in [0.2, 0.25) is 0 Å². The molecule has 0 unspecified atom stereocenters. The molecule has 13 heavy (non-hydrogen) atoms. The molecule has 0 aliphatic heterocycles. The summed E-state index contributed by atoms with van der Waals surface area (Å²) in [4.78, 5) is 4.05. The number of allylic oxidation sites excluding steroid dienone is 3. The lowest BCUT2D eigenvalue weighted by atomic mass is 10.1. The van der Waals surface area contributed by atoms with Crippen LogP contribution in [0, 0.1) is 5.41 Å². The standard InChI is InChI=1S/C9H16N4/c1-7(12-3)9(4-5-10)8(2)13-6-11/h4-6H,10H2,1-3H3,(H2,11,13)/b5-4-,9-8?,12-7?. The minimum atomic E-state index is 0.861. The highest BCUT2D eigenvalue weighted by Gasteiger charge is 2.00. The monoisotopic (exact) mass is 180 g/mol. The largest absolute Gasteiger partial charge is 0.405 e. The maximum absolute atomic E-state index is 6.89. The van der Waals surface area contributed by atoms with Gasteiger partial charge in [-0.25, -0.2) is 0 Å². The van der Waals surface area contributed by atoms with Crippen LogP contribution < -0.4 is 11.1 Å². The summed E-state index contributed by atoms with van der Waals surface area (Å²) in [5.41, 5.74) is 7.96. The SMILES string of the molecule is CN=C(C)C(/C=C\N)=C(C)NC=N. The topological polar surface area (TPSA) is 74.3 Å². The van der Waals surface area contributed by atoms with Gasteiger partial charge in [0.25, 0.3) is 0 Å². The molecule has 4 nitrogen and oxygen atoms in total. The Bertz CT molecular complexity index is 261. The Hall–Kier alpha value is -1.58. The fourth-order valence-electron chi connectivity index (χ4n) is 0.920. The second kappa shape index (κ2) is 5.99. The Morgan fingerprint density at radius 1 is 1.46 bits per heavy atom. The molecular weight excluding hydrogens is 164 g/mol. The lowest BCUT2D eigenvalue weighted by Crippen LogP contribution is -2.12. The fraction of sp³-hybridized carbons (Fsp3) is 0.333. The molecule has 0 fully saturated rings. The van der Waals surface area contributed by atoms with E-state index in [1.54, 1.807) is 13.1 Å². The summed E-state index contributed by atoms with van der Waals surface area (Å²) in [5, 5.41) is 9.67. The molecule has 0 saturated heterocycles. The van der Waals surface area contributed by atoms with Gasteiger partial charge >= 0.3 is 0 Å². The highest BCUT2D eigenvalue weighted by atomic mass is 14.9. The van der Waals surface area contributed by atoms with Crippen LogP contribution in [-0.2, 0) is 0 Å². The van der Waals surface area contributed by atoms with Crippen LogP contribution in [0.25, 0.3) is 0 Å². The van der Waals surface area contributed by atoms with Crippen LogP contribution >= 0.6 is 0 Å². The van der Waals surface area contributed by atoms with E-state index in [0.29, 0.717) is 0 Å². The van der Waals surface area contributed by atoms with E-state index in [9.17, 15) is 0 Å². The summed E-state index contributed by atoms with van der Waals surface area (Å²) in [7, 11) is 1.72. The Labute approximate surface area is 78.8 Å². The van der Waals surface area contributed by atoms with E-state index >= 15 is 0 Å². The Morgan fingerprint density at radius 3 is 2.46 bits per heavy atom. The van der Waals surface area contributed by atoms with Gasteiger partial charge in [-0.1, -0.05) is 0 Å². The van der Waals surface area contributed by atoms with Crippen molar-refractivity contribution >= 4 is 12.1 Å². The van der Waals surface area contributed by atoms with Gasteiger partial charge < -0.3 is 11.1 Å². The molecule has 4 heteroatoms. The number of hydrogen-bond acceptors (Lipinski definition) is 3. The molecule has 4 N–H and O–H groups in total. The van der Waals surface area contributed by atoms with Crippen molar-refractivity contribution in [2.75, 3.05) is 7.05 Å². The molecular formula is C9H16N4. The summed E-state index contributed by atoms with van der Waals surface area (Å²) in [6.07, 6.45) is 4.34. The smallest absolute Gasteiger partial charge is 0.0833 e. The molecule has 0 atom stereocenters. The highest BCUT2D eigenvalue weighted by Crippen LogP contribution is 2.04. The third-order valence-corrected chi connectivity index (χ3v) is 1.68. The van der Waals surface area contributed by atoms with E-state index in [4.69, 9.17) is 11.1 Å². The zero-order valence-electron chi connectivity index (χ0n) is 8.26. The van der Waals surface area contributed by atoms with Crippen molar-refractivity contribution in [1.29, 1.82) is 5.41 Å². The van der Waals surface area contributed by atoms with Crippen LogP contribution in [0.2, 0.25) is 0 Å². The Balaban J connectivity index is 4.98. The van der Waals surface area contributed by atoms with Crippen molar-refractivity contribution in [3.8, 4) is 0 Å². The zero-order valence-corrected chi connectivity index (χ0v) is 8.26. The fourth-order valence-corrected chi connectivity index (χ4v) is 0.920. The van der Waals surface area contributed by atoms with Crippen LogP contribution in [0.5, 0.6) is 0 Å². The third kappa shape index (κ3) is 3.55. The minimum absolute atomic E-state index is 0.861. The molecule has 0 aliphatic carbocycles. The second-order valence-electron chi connectivity index (χ2n) is 2.50. The number of nitrogens with two attached hydrogens (primary N) is 1. The second-order valence-corrected chi connectivity index (χ2v) is 2.50. The number of nitrogens with one attached hydrogen (secondary N) is 2. The summed E-state index contributed by atoms with van der Waals surface area (Å²) in [6.45, 7) is 3.76. The number of aliphatic imine (C=N–C) groups is 1. The lowest BCUT2D eigenvalue weighted by Gasteiger charge is -2.06. The van der Waals surface area contributed by atoms with Crippen molar-refractivity contribution in [1.82, 2.24) is 5.32 Å². The van der Waals surface area contributed by atoms with Gasteiger partial charge in [0.15, 0.2) is 0 Å².